The Kier molecular flexibility index (Phi) is 3.35. The highest BCUT2D eigenvalue weighted by molar-refractivity contribution is 7.21. The minimum atomic E-state index is 0.543. The number of nitrogens with zero attached hydrogens (tertiary/aromatic N) is 3. The molecule has 0 unspecified atom stereocenters. The minimum Gasteiger partial charge on any atom is -0.366 e. The summed E-state index contributed by atoms with van der Waals surface area (Å²) in [5, 5.41) is 4.78. The van der Waals surface area contributed by atoms with Crippen LogP contribution in [0.1, 0.15) is 31.3 Å². The topological polar surface area (TPSA) is 50.7 Å². The fraction of sp³-hybridized carbons (Fsp3) is 0.450. The van der Waals surface area contributed by atoms with Crippen molar-refractivity contribution in [2.45, 2.75) is 39.7 Å². The maximum atomic E-state index is 4.85. The third kappa shape index (κ3) is 2.53. The number of hydrogen-bond acceptors (Lipinski definition) is 5. The third-order valence-electron chi connectivity index (χ3n) is 5.80. The van der Waals surface area contributed by atoms with Crippen LogP contribution in [-0.2, 0) is 0 Å². The Morgan fingerprint density at radius 2 is 1.88 bits per heavy atom. The predicted molar refractivity (Wildman–Crippen MR) is 103 cm³/mol. The Morgan fingerprint density at radius 3 is 2.60 bits per heavy atom. The van der Waals surface area contributed by atoms with Crippen LogP contribution in [0.15, 0.2) is 24.3 Å². The first-order valence-corrected chi connectivity index (χ1v) is 9.89. The number of thiazole rings is 1. The largest absolute Gasteiger partial charge is 0.366 e. The van der Waals surface area contributed by atoms with Gasteiger partial charge in [0.2, 0.25) is 0 Å². The highest BCUT2D eigenvalue weighted by Crippen LogP contribution is 2.56. The second-order valence-corrected chi connectivity index (χ2v) is 8.62. The lowest BCUT2D eigenvalue weighted by Crippen LogP contribution is -2.22. The van der Waals surface area contributed by atoms with Gasteiger partial charge in [-0.25, -0.2) is 15.0 Å². The van der Waals surface area contributed by atoms with Gasteiger partial charge in [-0.3, -0.25) is 0 Å². The quantitative estimate of drug-likeness (QED) is 0.735. The lowest BCUT2D eigenvalue weighted by molar-refractivity contribution is 0.514. The average molecular weight is 350 g/mol. The lowest BCUT2D eigenvalue weighted by Gasteiger charge is -2.19. The van der Waals surface area contributed by atoms with Crippen molar-refractivity contribution in [2.75, 3.05) is 5.32 Å². The van der Waals surface area contributed by atoms with Crippen molar-refractivity contribution in [1.82, 2.24) is 15.0 Å². The number of para-hydroxylation sites is 1. The van der Waals surface area contributed by atoms with Crippen LogP contribution in [0, 0.1) is 31.6 Å². The third-order valence-corrected chi connectivity index (χ3v) is 6.85. The summed E-state index contributed by atoms with van der Waals surface area (Å²) in [5.74, 6) is 4.37. The van der Waals surface area contributed by atoms with E-state index in [1.165, 1.54) is 17.5 Å². The highest BCUT2D eigenvalue weighted by atomic mass is 32.1. The van der Waals surface area contributed by atoms with Crippen LogP contribution in [-0.4, -0.2) is 21.0 Å². The molecule has 2 aliphatic carbocycles. The number of anilines is 1. The number of rotatable bonds is 3. The molecule has 0 saturated heterocycles. The maximum Gasteiger partial charge on any atom is 0.140 e. The standard InChI is InChI=1S/C20H22N4S/c1-10-8-16(14-9-13(10)14)23-19-18(11(2)21-12(3)22-19)20-24-15-6-4-5-7-17(15)25-20/h4-7,10,13-14,16H,8-9H2,1-3H3,(H,21,22,23)/t10-,13-,14-,16-/m0/s1. The maximum absolute atomic E-state index is 4.85. The second kappa shape index (κ2) is 5.49. The summed E-state index contributed by atoms with van der Waals surface area (Å²) < 4.78 is 1.21. The van der Waals surface area contributed by atoms with Gasteiger partial charge in [-0.2, -0.15) is 0 Å². The van der Waals surface area contributed by atoms with Crippen molar-refractivity contribution >= 4 is 27.4 Å². The summed E-state index contributed by atoms with van der Waals surface area (Å²) in [7, 11) is 0. The minimum absolute atomic E-state index is 0.543. The van der Waals surface area contributed by atoms with Gasteiger partial charge in [0, 0.05) is 6.04 Å². The number of benzene rings is 1. The molecule has 0 aliphatic heterocycles. The number of fused-ring (bicyclic) bond motifs is 2. The molecule has 2 aliphatic rings. The van der Waals surface area contributed by atoms with E-state index in [4.69, 9.17) is 9.97 Å². The fourth-order valence-electron chi connectivity index (χ4n) is 4.50. The molecular weight excluding hydrogens is 328 g/mol. The van der Waals surface area contributed by atoms with Crippen LogP contribution < -0.4 is 5.32 Å². The van der Waals surface area contributed by atoms with Gasteiger partial charge in [-0.05, 0) is 56.6 Å². The number of aryl methyl sites for hydroxylation is 2. The van der Waals surface area contributed by atoms with Gasteiger partial charge in [0.25, 0.3) is 0 Å². The van der Waals surface area contributed by atoms with Gasteiger partial charge in [-0.1, -0.05) is 19.1 Å². The first-order valence-electron chi connectivity index (χ1n) is 9.08. The normalized spacial score (nSPS) is 27.5. The van der Waals surface area contributed by atoms with Crippen LogP contribution in [0.5, 0.6) is 0 Å². The van der Waals surface area contributed by atoms with Crippen LogP contribution >= 0.6 is 11.3 Å². The highest BCUT2D eigenvalue weighted by Gasteiger charge is 2.52. The van der Waals surface area contributed by atoms with E-state index < -0.39 is 0 Å². The molecule has 25 heavy (non-hydrogen) atoms. The van der Waals surface area contributed by atoms with Gasteiger partial charge in [0.15, 0.2) is 0 Å². The zero-order chi connectivity index (χ0) is 17.1. The first kappa shape index (κ1) is 15.3. The van der Waals surface area contributed by atoms with Gasteiger partial charge in [0.1, 0.15) is 16.6 Å². The monoisotopic (exact) mass is 350 g/mol. The van der Waals surface area contributed by atoms with Crippen LogP contribution in [0.2, 0.25) is 0 Å². The molecule has 2 fully saturated rings. The van der Waals surface area contributed by atoms with Gasteiger partial charge in [-0.15, -0.1) is 11.3 Å². The molecule has 0 spiro atoms. The zero-order valence-electron chi connectivity index (χ0n) is 14.8. The summed E-state index contributed by atoms with van der Waals surface area (Å²) in [6.45, 7) is 6.42. The molecule has 4 nitrogen and oxygen atoms in total. The molecule has 5 heteroatoms. The van der Waals surface area contributed by atoms with E-state index in [1.54, 1.807) is 11.3 Å². The van der Waals surface area contributed by atoms with E-state index in [0.717, 1.165) is 51.2 Å². The number of nitrogens with one attached hydrogen (secondary N) is 1. The SMILES string of the molecule is Cc1nc(C)c(-c2nc3ccccc3s2)c(N[C@H]2C[C@H](C)[C@@H]3C[C@@H]32)n1. The molecule has 5 rings (SSSR count). The van der Waals surface area contributed by atoms with Crippen LogP contribution in [0.25, 0.3) is 20.8 Å². The Labute approximate surface area is 151 Å². The fourth-order valence-corrected chi connectivity index (χ4v) is 5.56. The van der Waals surface area contributed by atoms with Crippen molar-refractivity contribution in [3.63, 3.8) is 0 Å². The molecule has 1 N–H and O–H groups in total. The zero-order valence-corrected chi connectivity index (χ0v) is 15.6. The molecule has 0 bridgehead atoms. The van der Waals surface area contributed by atoms with Crippen molar-refractivity contribution in [3.05, 3.63) is 35.8 Å². The molecule has 2 heterocycles. The van der Waals surface area contributed by atoms with E-state index in [1.807, 2.05) is 13.0 Å². The molecule has 4 atom stereocenters. The molecule has 2 aromatic heterocycles. The van der Waals surface area contributed by atoms with Crippen molar-refractivity contribution < 1.29 is 0 Å². The molecule has 2 saturated carbocycles. The lowest BCUT2D eigenvalue weighted by atomic mass is 10.0. The number of aromatic nitrogens is 3. The Balaban J connectivity index is 1.58. The Hall–Kier alpha value is -2.01. The first-order chi connectivity index (χ1) is 12.1. The van der Waals surface area contributed by atoms with E-state index in [9.17, 15) is 0 Å². The van der Waals surface area contributed by atoms with Crippen LogP contribution in [0.3, 0.4) is 0 Å². The summed E-state index contributed by atoms with van der Waals surface area (Å²) in [6.07, 6.45) is 2.62. The van der Waals surface area contributed by atoms with Gasteiger partial charge < -0.3 is 5.32 Å². The van der Waals surface area contributed by atoms with E-state index >= 15 is 0 Å². The summed E-state index contributed by atoms with van der Waals surface area (Å²) in [5.41, 5.74) is 3.13. The molecule has 0 amide bonds. The van der Waals surface area contributed by atoms with Gasteiger partial charge in [0.05, 0.1) is 21.5 Å². The predicted octanol–water partition coefficient (Wildman–Crippen LogP) is 4.83. The Morgan fingerprint density at radius 1 is 1.04 bits per heavy atom. The van der Waals surface area contributed by atoms with E-state index in [2.05, 4.69) is 42.3 Å². The summed E-state index contributed by atoms with van der Waals surface area (Å²) in [6, 6.07) is 8.84. The molecule has 128 valence electrons. The average Bonchev–Trinajstić information content (AvgIpc) is 3.17. The van der Waals surface area contributed by atoms with Crippen LogP contribution in [0.4, 0.5) is 5.82 Å². The van der Waals surface area contributed by atoms with Crippen molar-refractivity contribution in [2.24, 2.45) is 17.8 Å². The second-order valence-electron chi connectivity index (χ2n) is 7.59. The Bertz CT molecular complexity index is 930. The van der Waals surface area contributed by atoms with Crippen molar-refractivity contribution in [1.29, 1.82) is 0 Å². The smallest absolute Gasteiger partial charge is 0.140 e. The molecule has 1 aromatic carbocycles. The van der Waals surface area contributed by atoms with E-state index in [-0.39, 0.29) is 0 Å². The van der Waals surface area contributed by atoms with Gasteiger partial charge >= 0.3 is 0 Å². The molecule has 0 radical (unpaired) electrons. The molecular formula is C20H22N4S. The van der Waals surface area contributed by atoms with E-state index in [0.29, 0.717) is 6.04 Å². The summed E-state index contributed by atoms with van der Waals surface area (Å²) in [4.78, 5) is 14.2. The summed E-state index contributed by atoms with van der Waals surface area (Å²) >= 11 is 1.72. The molecule has 3 aromatic rings. The van der Waals surface area contributed by atoms with Crippen molar-refractivity contribution in [3.8, 4) is 10.6 Å². The number of hydrogen-bond donors (Lipinski definition) is 1.